The average Bonchev–Trinajstić information content (AvgIpc) is 2.95. The van der Waals surface area contributed by atoms with Gasteiger partial charge < -0.3 is 20.3 Å². The lowest BCUT2D eigenvalue weighted by Crippen LogP contribution is -2.37. The van der Waals surface area contributed by atoms with E-state index in [0.29, 0.717) is 54.3 Å². The van der Waals surface area contributed by atoms with Crippen LogP contribution >= 0.6 is 0 Å². The Labute approximate surface area is 238 Å². The highest BCUT2D eigenvalue weighted by atomic mass is 32.2. The van der Waals surface area contributed by atoms with E-state index in [0.717, 1.165) is 56.1 Å². The lowest BCUT2D eigenvalue weighted by molar-refractivity contribution is 0.122. The molecular weight excluding hydrogens is 526 g/mol. The van der Waals surface area contributed by atoms with Crippen molar-refractivity contribution in [1.82, 2.24) is 19.7 Å². The van der Waals surface area contributed by atoms with Gasteiger partial charge in [0.25, 0.3) is 0 Å². The van der Waals surface area contributed by atoms with Crippen LogP contribution in [0.15, 0.2) is 47.4 Å². The van der Waals surface area contributed by atoms with Crippen molar-refractivity contribution in [3.8, 4) is 0 Å². The zero-order valence-corrected chi connectivity index (χ0v) is 23.6. The summed E-state index contributed by atoms with van der Waals surface area (Å²) in [6, 6.07) is 13.2. The van der Waals surface area contributed by atoms with E-state index in [2.05, 4.69) is 44.1 Å². The molecule has 5 rings (SSSR count). The van der Waals surface area contributed by atoms with Crippen molar-refractivity contribution in [2.45, 2.75) is 57.9 Å². The molecule has 0 radical (unpaired) electrons. The highest BCUT2D eigenvalue weighted by Crippen LogP contribution is 2.30. The number of benzene rings is 2. The second-order valence-corrected chi connectivity index (χ2v) is 12.5. The van der Waals surface area contributed by atoms with E-state index >= 15 is 0 Å². The number of fused-ring (bicyclic) bond motifs is 1. The zero-order chi connectivity index (χ0) is 27.2. The lowest BCUT2D eigenvalue weighted by Gasteiger charge is -2.29. The molecule has 1 aliphatic carbocycles. The smallest absolute Gasteiger partial charge is 0.241 e. The molecule has 11 heteroatoms. The SMILES string of the molecule is C.CC(C)Nc1nc(NCC2CCC(CNS(=O)(=O)c3cccc4ccccc34)CC2)nc(N2CCOCC2)n1. The number of ether oxygens (including phenoxy) is 1. The fraction of sp³-hybridized carbons (Fsp3) is 0.552. The molecule has 3 aromatic rings. The van der Waals surface area contributed by atoms with Crippen molar-refractivity contribution < 1.29 is 13.2 Å². The molecule has 1 aromatic heterocycles. The van der Waals surface area contributed by atoms with Crippen LogP contribution in [0.2, 0.25) is 0 Å². The minimum Gasteiger partial charge on any atom is -0.378 e. The second kappa shape index (κ2) is 13.6. The van der Waals surface area contributed by atoms with Crippen LogP contribution in [0.1, 0.15) is 47.0 Å². The average molecular weight is 570 g/mol. The molecule has 2 aromatic carbocycles. The molecule has 0 bridgehead atoms. The lowest BCUT2D eigenvalue weighted by atomic mass is 9.82. The third kappa shape index (κ3) is 7.58. The maximum Gasteiger partial charge on any atom is 0.241 e. The molecule has 2 aliphatic rings. The van der Waals surface area contributed by atoms with E-state index in [1.807, 2.05) is 30.3 Å². The third-order valence-corrected chi connectivity index (χ3v) is 8.93. The molecular formula is C29H43N7O3S. The van der Waals surface area contributed by atoms with E-state index in [9.17, 15) is 8.42 Å². The van der Waals surface area contributed by atoms with Gasteiger partial charge in [0.05, 0.1) is 18.1 Å². The number of anilines is 3. The van der Waals surface area contributed by atoms with Crippen LogP contribution in [-0.2, 0) is 14.8 Å². The first-order valence-electron chi connectivity index (χ1n) is 13.9. The van der Waals surface area contributed by atoms with Crippen LogP contribution in [-0.4, -0.2) is 68.8 Å². The molecule has 0 amide bonds. The van der Waals surface area contributed by atoms with Crippen LogP contribution < -0.4 is 20.3 Å². The summed E-state index contributed by atoms with van der Waals surface area (Å²) in [7, 11) is -3.57. The van der Waals surface area contributed by atoms with Crippen molar-refractivity contribution in [3.63, 3.8) is 0 Å². The normalized spacial score (nSPS) is 19.8. The Morgan fingerprint density at radius 2 is 1.55 bits per heavy atom. The molecule has 1 saturated heterocycles. The molecule has 0 spiro atoms. The standard InChI is InChI=1S/C28H39N7O3S.CH4/c1-20(2)31-27-32-26(33-28(34-27)35-14-16-38-17-15-35)29-18-21-10-12-22(13-11-21)19-30-39(36,37)25-9-5-7-23-6-3-4-8-24(23)25;/h3-9,20-22,30H,10-19H2,1-2H3,(H2,29,31,32,33,34);1H4. The molecule has 2 heterocycles. The first-order valence-corrected chi connectivity index (χ1v) is 15.4. The number of aromatic nitrogens is 3. The van der Waals surface area contributed by atoms with Gasteiger partial charge in [0.15, 0.2) is 0 Å². The van der Waals surface area contributed by atoms with Gasteiger partial charge in [-0.3, -0.25) is 0 Å². The summed E-state index contributed by atoms with van der Waals surface area (Å²) in [6.45, 7) is 8.23. The Bertz CT molecular complexity index is 1350. The van der Waals surface area contributed by atoms with Crippen LogP contribution in [0.25, 0.3) is 10.8 Å². The van der Waals surface area contributed by atoms with Gasteiger partial charge in [-0.05, 0) is 62.8 Å². The topological polar surface area (TPSA) is 121 Å². The quantitative estimate of drug-likeness (QED) is 0.324. The van der Waals surface area contributed by atoms with Crippen molar-refractivity contribution in [1.29, 1.82) is 0 Å². The number of rotatable bonds is 10. The first kappa shape index (κ1) is 30.0. The largest absolute Gasteiger partial charge is 0.378 e. The van der Waals surface area contributed by atoms with E-state index < -0.39 is 10.0 Å². The molecule has 218 valence electrons. The van der Waals surface area contributed by atoms with Crippen molar-refractivity contribution in [3.05, 3.63) is 42.5 Å². The first-order chi connectivity index (χ1) is 18.9. The predicted molar refractivity (Wildman–Crippen MR) is 161 cm³/mol. The number of morpholine rings is 1. The van der Waals surface area contributed by atoms with Gasteiger partial charge >= 0.3 is 0 Å². The Morgan fingerprint density at radius 3 is 2.27 bits per heavy atom. The molecule has 0 atom stereocenters. The third-order valence-electron chi connectivity index (χ3n) is 7.45. The summed E-state index contributed by atoms with van der Waals surface area (Å²) in [4.78, 5) is 16.4. The number of hydrogen-bond donors (Lipinski definition) is 3. The number of hydrogen-bond acceptors (Lipinski definition) is 9. The molecule has 1 saturated carbocycles. The van der Waals surface area contributed by atoms with Crippen LogP contribution in [0.5, 0.6) is 0 Å². The summed E-state index contributed by atoms with van der Waals surface area (Å²) in [6.07, 6.45) is 4.04. The van der Waals surface area contributed by atoms with Gasteiger partial charge in [-0.1, -0.05) is 43.8 Å². The van der Waals surface area contributed by atoms with E-state index in [-0.39, 0.29) is 13.5 Å². The highest BCUT2D eigenvalue weighted by Gasteiger charge is 2.25. The van der Waals surface area contributed by atoms with E-state index in [1.54, 1.807) is 12.1 Å². The highest BCUT2D eigenvalue weighted by molar-refractivity contribution is 7.89. The second-order valence-electron chi connectivity index (χ2n) is 10.8. The summed E-state index contributed by atoms with van der Waals surface area (Å²) in [5, 5.41) is 8.43. The summed E-state index contributed by atoms with van der Waals surface area (Å²) in [5.74, 6) is 2.64. The van der Waals surface area contributed by atoms with Gasteiger partial charge in [0.2, 0.25) is 27.9 Å². The Balaban J connectivity index is 0.00000370. The van der Waals surface area contributed by atoms with Crippen LogP contribution in [0.4, 0.5) is 17.8 Å². The molecule has 2 fully saturated rings. The van der Waals surface area contributed by atoms with Crippen LogP contribution in [0.3, 0.4) is 0 Å². The van der Waals surface area contributed by atoms with Gasteiger partial charge in [0, 0.05) is 37.6 Å². The summed E-state index contributed by atoms with van der Waals surface area (Å²) in [5.41, 5.74) is 0. The Kier molecular flexibility index (Phi) is 10.2. The summed E-state index contributed by atoms with van der Waals surface area (Å²) < 4.78 is 34.5. The minimum atomic E-state index is -3.57. The van der Waals surface area contributed by atoms with E-state index in [1.165, 1.54) is 0 Å². The maximum atomic E-state index is 13.1. The Morgan fingerprint density at radius 1 is 0.900 bits per heavy atom. The van der Waals surface area contributed by atoms with Gasteiger partial charge in [-0.15, -0.1) is 0 Å². The molecule has 10 nitrogen and oxygen atoms in total. The molecule has 1 aliphatic heterocycles. The monoisotopic (exact) mass is 569 g/mol. The molecule has 40 heavy (non-hydrogen) atoms. The number of nitrogens with one attached hydrogen (secondary N) is 3. The van der Waals surface area contributed by atoms with E-state index in [4.69, 9.17) is 9.72 Å². The Hall–Kier alpha value is -3.02. The fourth-order valence-electron chi connectivity index (χ4n) is 5.28. The van der Waals surface area contributed by atoms with Gasteiger partial charge in [-0.25, -0.2) is 13.1 Å². The maximum absolute atomic E-state index is 13.1. The van der Waals surface area contributed by atoms with Crippen molar-refractivity contribution >= 4 is 38.6 Å². The van der Waals surface area contributed by atoms with Gasteiger partial charge in [0.1, 0.15) is 0 Å². The molecule has 3 N–H and O–H groups in total. The minimum absolute atomic E-state index is 0. The van der Waals surface area contributed by atoms with Crippen LogP contribution in [0, 0.1) is 11.8 Å². The fourth-order valence-corrected chi connectivity index (χ4v) is 6.63. The zero-order valence-electron chi connectivity index (χ0n) is 22.8. The molecule has 0 unspecified atom stereocenters. The summed E-state index contributed by atoms with van der Waals surface area (Å²) >= 11 is 0. The number of sulfonamides is 1. The predicted octanol–water partition coefficient (Wildman–Crippen LogP) is 4.51. The van der Waals surface area contributed by atoms with Crippen molar-refractivity contribution in [2.75, 3.05) is 54.9 Å². The van der Waals surface area contributed by atoms with Gasteiger partial charge in [-0.2, -0.15) is 15.0 Å². The number of nitrogens with zero attached hydrogens (tertiary/aromatic N) is 4. The van der Waals surface area contributed by atoms with Crippen molar-refractivity contribution in [2.24, 2.45) is 11.8 Å².